The van der Waals surface area contributed by atoms with Crippen LogP contribution >= 0.6 is 11.6 Å². The predicted octanol–water partition coefficient (Wildman–Crippen LogP) is 3.64. The second-order valence-corrected chi connectivity index (χ2v) is 5.88. The number of anilines is 1. The smallest absolute Gasteiger partial charge is 0.331 e. The van der Waals surface area contributed by atoms with E-state index in [1.807, 2.05) is 18.2 Å². The molecule has 4 nitrogen and oxygen atoms in total. The van der Waals surface area contributed by atoms with Gasteiger partial charge in [-0.1, -0.05) is 31.0 Å². The normalized spacial score (nSPS) is 25.4. The lowest BCUT2D eigenvalue weighted by atomic mass is 9.85. The first-order chi connectivity index (χ1) is 10.1. The molecular weight excluding hydrogens is 290 g/mol. The minimum Gasteiger partial charge on any atom is -0.467 e. The summed E-state index contributed by atoms with van der Waals surface area (Å²) >= 11 is 6.02. The van der Waals surface area contributed by atoms with Crippen LogP contribution in [0.25, 0.3) is 0 Å². The number of carbonyl (C=O) groups is 1. The molecule has 1 heterocycles. The van der Waals surface area contributed by atoms with E-state index in [2.05, 4.69) is 12.2 Å². The fraction of sp³-hybridized carbons (Fsp3) is 0.562. The molecule has 2 atom stereocenters. The number of nitrogens with one attached hydrogen (secondary N) is 1. The lowest BCUT2D eigenvalue weighted by molar-refractivity contribution is -0.151. The van der Waals surface area contributed by atoms with Gasteiger partial charge in [-0.15, -0.1) is 0 Å². The van der Waals surface area contributed by atoms with Crippen molar-refractivity contribution in [2.45, 2.75) is 44.2 Å². The van der Waals surface area contributed by atoms with Crippen LogP contribution in [0.15, 0.2) is 24.3 Å². The van der Waals surface area contributed by atoms with Gasteiger partial charge < -0.3 is 14.8 Å². The van der Waals surface area contributed by atoms with E-state index in [-0.39, 0.29) is 12.1 Å². The minimum atomic E-state index is -0.739. The van der Waals surface area contributed by atoms with Crippen molar-refractivity contribution in [1.82, 2.24) is 0 Å². The van der Waals surface area contributed by atoms with Crippen LogP contribution in [-0.4, -0.2) is 31.3 Å². The third-order valence-corrected chi connectivity index (χ3v) is 4.09. The number of benzene rings is 1. The van der Waals surface area contributed by atoms with Gasteiger partial charge in [-0.25, -0.2) is 4.79 Å². The van der Waals surface area contributed by atoms with Crippen molar-refractivity contribution in [1.29, 1.82) is 0 Å². The largest absolute Gasteiger partial charge is 0.467 e. The van der Waals surface area contributed by atoms with Crippen molar-refractivity contribution in [2.75, 3.05) is 19.0 Å². The molecule has 1 saturated heterocycles. The van der Waals surface area contributed by atoms with E-state index < -0.39 is 5.54 Å². The van der Waals surface area contributed by atoms with Crippen molar-refractivity contribution in [3.8, 4) is 0 Å². The first kappa shape index (κ1) is 16.1. The van der Waals surface area contributed by atoms with E-state index in [0.717, 1.165) is 18.5 Å². The van der Waals surface area contributed by atoms with Crippen LogP contribution < -0.4 is 5.32 Å². The molecule has 0 spiro atoms. The first-order valence-corrected chi connectivity index (χ1v) is 7.71. The maximum absolute atomic E-state index is 12.4. The van der Waals surface area contributed by atoms with Crippen LogP contribution in [-0.2, 0) is 14.3 Å². The molecule has 0 aliphatic carbocycles. The zero-order chi connectivity index (χ0) is 15.3. The average molecular weight is 312 g/mol. The summed E-state index contributed by atoms with van der Waals surface area (Å²) in [5.74, 6) is -0.244. The van der Waals surface area contributed by atoms with Gasteiger partial charge in [-0.05, 0) is 24.6 Å². The third kappa shape index (κ3) is 3.89. The van der Waals surface area contributed by atoms with Gasteiger partial charge in [0.1, 0.15) is 5.54 Å². The van der Waals surface area contributed by atoms with E-state index in [1.54, 1.807) is 6.07 Å². The van der Waals surface area contributed by atoms with Gasteiger partial charge in [0.2, 0.25) is 0 Å². The van der Waals surface area contributed by atoms with Crippen LogP contribution in [0.1, 0.15) is 32.6 Å². The van der Waals surface area contributed by atoms with Gasteiger partial charge in [0, 0.05) is 30.2 Å². The monoisotopic (exact) mass is 311 g/mol. The number of esters is 1. The van der Waals surface area contributed by atoms with Crippen LogP contribution in [0.2, 0.25) is 5.02 Å². The molecule has 0 bridgehead atoms. The SMILES string of the molecule is CCCC1CC(Nc2cccc(Cl)c2)(C(=O)OC)CCO1. The lowest BCUT2D eigenvalue weighted by Gasteiger charge is -2.39. The average Bonchev–Trinajstić information content (AvgIpc) is 2.47. The molecule has 0 amide bonds. The van der Waals surface area contributed by atoms with E-state index in [1.165, 1.54) is 7.11 Å². The van der Waals surface area contributed by atoms with Gasteiger partial charge in [-0.3, -0.25) is 0 Å². The summed E-state index contributed by atoms with van der Waals surface area (Å²) in [5.41, 5.74) is 0.0855. The summed E-state index contributed by atoms with van der Waals surface area (Å²) in [6.07, 6.45) is 3.25. The Bertz CT molecular complexity index is 492. The van der Waals surface area contributed by atoms with Crippen molar-refractivity contribution >= 4 is 23.3 Å². The number of methoxy groups -OCH3 is 1. The highest BCUT2D eigenvalue weighted by atomic mass is 35.5. The molecule has 21 heavy (non-hydrogen) atoms. The minimum absolute atomic E-state index is 0.0783. The third-order valence-electron chi connectivity index (χ3n) is 3.85. The second kappa shape index (κ2) is 7.14. The van der Waals surface area contributed by atoms with Crippen LogP contribution in [0.5, 0.6) is 0 Å². The zero-order valence-electron chi connectivity index (χ0n) is 12.5. The molecule has 1 aromatic carbocycles. The number of carbonyl (C=O) groups excluding carboxylic acids is 1. The second-order valence-electron chi connectivity index (χ2n) is 5.44. The van der Waals surface area contributed by atoms with Crippen LogP contribution in [0, 0.1) is 0 Å². The van der Waals surface area contributed by atoms with Crippen molar-refractivity contribution < 1.29 is 14.3 Å². The highest BCUT2D eigenvalue weighted by molar-refractivity contribution is 6.30. The Kier molecular flexibility index (Phi) is 5.48. The summed E-state index contributed by atoms with van der Waals surface area (Å²) in [6.45, 7) is 2.66. The molecule has 2 unspecified atom stereocenters. The van der Waals surface area contributed by atoms with E-state index in [0.29, 0.717) is 24.5 Å². The van der Waals surface area contributed by atoms with E-state index in [9.17, 15) is 4.79 Å². The standard InChI is InChI=1S/C16H22ClNO3/c1-3-5-14-11-16(8-9-21-14,15(19)20-2)18-13-7-4-6-12(17)10-13/h4,6-7,10,14,18H,3,5,8-9,11H2,1-2H3. The van der Waals surface area contributed by atoms with Gasteiger partial charge in [0.25, 0.3) is 0 Å². The number of ether oxygens (including phenoxy) is 2. The summed E-state index contributed by atoms with van der Waals surface area (Å²) < 4.78 is 10.8. The summed E-state index contributed by atoms with van der Waals surface area (Å²) in [7, 11) is 1.42. The molecule has 1 aliphatic heterocycles. The Morgan fingerprint density at radius 2 is 2.38 bits per heavy atom. The van der Waals surface area contributed by atoms with Gasteiger partial charge >= 0.3 is 5.97 Å². The summed E-state index contributed by atoms with van der Waals surface area (Å²) in [6, 6.07) is 7.39. The summed E-state index contributed by atoms with van der Waals surface area (Å²) in [5, 5.41) is 3.97. The number of rotatable bonds is 5. The molecule has 1 aliphatic rings. The molecular formula is C16H22ClNO3. The van der Waals surface area contributed by atoms with E-state index >= 15 is 0 Å². The van der Waals surface area contributed by atoms with Crippen molar-refractivity contribution in [3.63, 3.8) is 0 Å². The Morgan fingerprint density at radius 1 is 1.57 bits per heavy atom. The molecule has 0 radical (unpaired) electrons. The Labute approximate surface area is 130 Å². The highest BCUT2D eigenvalue weighted by Gasteiger charge is 2.44. The lowest BCUT2D eigenvalue weighted by Crippen LogP contribution is -2.53. The molecule has 116 valence electrons. The molecule has 0 saturated carbocycles. The van der Waals surface area contributed by atoms with E-state index in [4.69, 9.17) is 21.1 Å². The quantitative estimate of drug-likeness (QED) is 0.843. The fourth-order valence-corrected chi connectivity index (χ4v) is 3.03. The maximum Gasteiger partial charge on any atom is 0.331 e. The number of hydrogen-bond donors (Lipinski definition) is 1. The highest BCUT2D eigenvalue weighted by Crippen LogP contribution is 2.32. The Hall–Kier alpha value is -1.26. The summed E-state index contributed by atoms with van der Waals surface area (Å²) in [4.78, 5) is 12.4. The van der Waals surface area contributed by atoms with Crippen molar-refractivity contribution in [2.24, 2.45) is 0 Å². The van der Waals surface area contributed by atoms with Gasteiger partial charge in [0.05, 0.1) is 13.2 Å². The molecule has 1 aromatic rings. The van der Waals surface area contributed by atoms with Gasteiger partial charge in [0.15, 0.2) is 0 Å². The van der Waals surface area contributed by atoms with Crippen molar-refractivity contribution in [3.05, 3.63) is 29.3 Å². The molecule has 1 N–H and O–H groups in total. The maximum atomic E-state index is 12.4. The molecule has 1 fully saturated rings. The number of halogens is 1. The Balaban J connectivity index is 2.22. The Morgan fingerprint density at radius 3 is 3.05 bits per heavy atom. The van der Waals surface area contributed by atoms with Crippen LogP contribution in [0.3, 0.4) is 0 Å². The van der Waals surface area contributed by atoms with Crippen LogP contribution in [0.4, 0.5) is 5.69 Å². The van der Waals surface area contributed by atoms with Gasteiger partial charge in [-0.2, -0.15) is 0 Å². The molecule has 0 aromatic heterocycles. The molecule has 5 heteroatoms. The number of hydrogen-bond acceptors (Lipinski definition) is 4. The fourth-order valence-electron chi connectivity index (χ4n) is 2.84. The predicted molar refractivity (Wildman–Crippen MR) is 83.7 cm³/mol. The molecule has 2 rings (SSSR count). The first-order valence-electron chi connectivity index (χ1n) is 7.33. The zero-order valence-corrected chi connectivity index (χ0v) is 13.3. The topological polar surface area (TPSA) is 47.6 Å².